The lowest BCUT2D eigenvalue weighted by molar-refractivity contribution is -0.563. The molecule has 0 heterocycles. The zero-order valence-electron chi connectivity index (χ0n) is 9.03. The summed E-state index contributed by atoms with van der Waals surface area (Å²) in [6.07, 6.45) is 8.47. The van der Waals surface area contributed by atoms with Crippen molar-refractivity contribution in [2.75, 3.05) is 0 Å². The zero-order chi connectivity index (χ0) is 11.0. The van der Waals surface area contributed by atoms with Gasteiger partial charge < -0.3 is 0 Å². The van der Waals surface area contributed by atoms with E-state index in [1.165, 1.54) is 0 Å². The fourth-order valence-corrected chi connectivity index (χ4v) is 1.17. The highest BCUT2D eigenvalue weighted by Gasteiger charge is 2.33. The molecule has 0 N–H and O–H groups in total. The quantitative estimate of drug-likeness (QED) is 0.357. The van der Waals surface area contributed by atoms with Crippen LogP contribution in [0.3, 0.4) is 0 Å². The number of nitro groups is 1. The molecular weight excluding hydrogens is 178 g/mol. The molecule has 0 rings (SSSR count). The second kappa shape index (κ2) is 6.35. The van der Waals surface area contributed by atoms with Gasteiger partial charge in [0.05, 0.1) is 0 Å². The van der Waals surface area contributed by atoms with Crippen molar-refractivity contribution >= 4 is 0 Å². The van der Waals surface area contributed by atoms with Gasteiger partial charge in [-0.15, -0.1) is 6.58 Å². The molecule has 3 heteroatoms. The molecule has 3 nitrogen and oxygen atoms in total. The molecule has 0 saturated carbocycles. The van der Waals surface area contributed by atoms with Gasteiger partial charge in [0.2, 0.25) is 5.54 Å². The van der Waals surface area contributed by atoms with Gasteiger partial charge >= 0.3 is 0 Å². The molecular formula is C11H19NO2. The van der Waals surface area contributed by atoms with Gasteiger partial charge in [0.1, 0.15) is 0 Å². The Balaban J connectivity index is 4.22. The maximum Gasteiger partial charge on any atom is 0.226 e. The molecule has 0 aromatic rings. The summed E-state index contributed by atoms with van der Waals surface area (Å²) in [4.78, 5) is 10.6. The van der Waals surface area contributed by atoms with Gasteiger partial charge in [-0.25, -0.2) is 0 Å². The van der Waals surface area contributed by atoms with E-state index in [1.807, 2.05) is 12.2 Å². The lowest BCUT2D eigenvalue weighted by Crippen LogP contribution is -2.33. The minimum atomic E-state index is -0.883. The third kappa shape index (κ3) is 4.21. The summed E-state index contributed by atoms with van der Waals surface area (Å²) in [7, 11) is 0. The SMILES string of the molecule is C=CCC(C)(C/C=C/CCC)[N+](=O)[O-]. The summed E-state index contributed by atoms with van der Waals surface area (Å²) in [5.74, 6) is 0. The highest BCUT2D eigenvalue weighted by atomic mass is 16.6. The molecule has 0 radical (unpaired) electrons. The summed E-state index contributed by atoms with van der Waals surface area (Å²) in [6, 6.07) is 0. The number of allylic oxidation sites excluding steroid dienone is 1. The summed E-state index contributed by atoms with van der Waals surface area (Å²) in [5.41, 5.74) is -0.883. The van der Waals surface area contributed by atoms with Crippen LogP contribution in [0.2, 0.25) is 0 Å². The van der Waals surface area contributed by atoms with E-state index in [4.69, 9.17) is 0 Å². The summed E-state index contributed by atoms with van der Waals surface area (Å²) >= 11 is 0. The molecule has 0 aromatic heterocycles. The third-order valence-corrected chi connectivity index (χ3v) is 2.20. The van der Waals surface area contributed by atoms with Gasteiger partial charge in [-0.3, -0.25) is 10.1 Å². The van der Waals surface area contributed by atoms with Crippen molar-refractivity contribution in [2.45, 2.75) is 45.1 Å². The van der Waals surface area contributed by atoms with Crippen LogP contribution in [0.25, 0.3) is 0 Å². The lowest BCUT2D eigenvalue weighted by atomic mass is 9.94. The first-order valence-corrected chi connectivity index (χ1v) is 4.97. The van der Waals surface area contributed by atoms with Gasteiger partial charge in [0.15, 0.2) is 0 Å². The Morgan fingerprint density at radius 2 is 2.07 bits per heavy atom. The molecule has 1 unspecified atom stereocenters. The van der Waals surface area contributed by atoms with Crippen molar-refractivity contribution in [3.8, 4) is 0 Å². The van der Waals surface area contributed by atoms with E-state index in [0.29, 0.717) is 12.8 Å². The molecule has 0 amide bonds. The number of hydrogen-bond donors (Lipinski definition) is 0. The molecule has 0 bridgehead atoms. The molecule has 0 spiro atoms. The monoisotopic (exact) mass is 197 g/mol. The van der Waals surface area contributed by atoms with E-state index in [2.05, 4.69) is 13.5 Å². The van der Waals surface area contributed by atoms with Crippen LogP contribution < -0.4 is 0 Å². The second-order valence-electron chi connectivity index (χ2n) is 3.71. The van der Waals surface area contributed by atoms with Crippen LogP contribution in [0.1, 0.15) is 39.5 Å². The van der Waals surface area contributed by atoms with Crippen LogP contribution in [0.15, 0.2) is 24.8 Å². The van der Waals surface area contributed by atoms with Gasteiger partial charge in [0.25, 0.3) is 0 Å². The molecule has 0 aliphatic rings. The van der Waals surface area contributed by atoms with Crippen molar-refractivity contribution < 1.29 is 4.92 Å². The highest BCUT2D eigenvalue weighted by Crippen LogP contribution is 2.20. The van der Waals surface area contributed by atoms with Gasteiger partial charge in [-0.1, -0.05) is 31.6 Å². The Morgan fingerprint density at radius 1 is 1.43 bits per heavy atom. The fraction of sp³-hybridized carbons (Fsp3) is 0.636. The first-order valence-electron chi connectivity index (χ1n) is 4.97. The van der Waals surface area contributed by atoms with Gasteiger partial charge in [0, 0.05) is 24.7 Å². The lowest BCUT2D eigenvalue weighted by Gasteiger charge is -2.16. The molecule has 1 atom stereocenters. The standard InChI is InChI=1S/C11H19NO2/c1-4-6-7-8-10-11(3,9-5-2)12(13)14/h5,7-8H,2,4,6,9-10H2,1,3H3/b8-7+. The number of unbranched alkanes of at least 4 members (excludes halogenated alkanes) is 1. The van der Waals surface area contributed by atoms with Crippen LogP contribution in [0.5, 0.6) is 0 Å². The summed E-state index contributed by atoms with van der Waals surface area (Å²) < 4.78 is 0. The Labute approximate surface area is 85.7 Å². The summed E-state index contributed by atoms with van der Waals surface area (Å²) in [6.45, 7) is 7.29. The topological polar surface area (TPSA) is 43.1 Å². The molecule has 0 aliphatic carbocycles. The van der Waals surface area contributed by atoms with Gasteiger partial charge in [-0.05, 0) is 6.42 Å². The third-order valence-electron chi connectivity index (χ3n) is 2.20. The van der Waals surface area contributed by atoms with Crippen LogP contribution in [0, 0.1) is 10.1 Å². The maximum absolute atomic E-state index is 10.8. The smallest absolute Gasteiger partial charge is 0.226 e. The zero-order valence-corrected chi connectivity index (χ0v) is 9.03. The fourth-order valence-electron chi connectivity index (χ4n) is 1.17. The predicted molar refractivity (Wildman–Crippen MR) is 58.9 cm³/mol. The Morgan fingerprint density at radius 3 is 2.50 bits per heavy atom. The molecule has 14 heavy (non-hydrogen) atoms. The number of hydrogen-bond acceptors (Lipinski definition) is 2. The molecule has 0 aliphatic heterocycles. The van der Waals surface area contributed by atoms with Crippen molar-refractivity contribution in [1.29, 1.82) is 0 Å². The van der Waals surface area contributed by atoms with E-state index in [-0.39, 0.29) is 4.92 Å². The van der Waals surface area contributed by atoms with Crippen molar-refractivity contribution in [3.63, 3.8) is 0 Å². The Kier molecular flexibility index (Phi) is 5.84. The second-order valence-corrected chi connectivity index (χ2v) is 3.71. The minimum Gasteiger partial charge on any atom is -0.264 e. The largest absolute Gasteiger partial charge is 0.264 e. The number of rotatable bonds is 7. The van der Waals surface area contributed by atoms with E-state index in [1.54, 1.807) is 13.0 Å². The first kappa shape index (κ1) is 12.9. The normalized spacial score (nSPS) is 15.3. The highest BCUT2D eigenvalue weighted by molar-refractivity contribution is 4.93. The predicted octanol–water partition coefficient (Wildman–Crippen LogP) is 3.34. The molecule has 80 valence electrons. The summed E-state index contributed by atoms with van der Waals surface area (Å²) in [5, 5.41) is 10.8. The average molecular weight is 197 g/mol. The van der Waals surface area contributed by atoms with Crippen molar-refractivity contribution in [1.82, 2.24) is 0 Å². The minimum absolute atomic E-state index is 0.217. The molecule has 0 fully saturated rings. The first-order chi connectivity index (χ1) is 6.56. The van der Waals surface area contributed by atoms with E-state index in [0.717, 1.165) is 12.8 Å². The molecule has 0 aromatic carbocycles. The maximum atomic E-state index is 10.8. The Hall–Kier alpha value is -1.12. The molecule has 0 saturated heterocycles. The van der Waals surface area contributed by atoms with Crippen LogP contribution in [0.4, 0.5) is 0 Å². The van der Waals surface area contributed by atoms with Crippen LogP contribution in [-0.4, -0.2) is 10.5 Å². The Bertz CT molecular complexity index is 223. The van der Waals surface area contributed by atoms with Crippen LogP contribution in [-0.2, 0) is 0 Å². The van der Waals surface area contributed by atoms with Crippen LogP contribution >= 0.6 is 0 Å². The number of nitrogens with zero attached hydrogens (tertiary/aromatic N) is 1. The average Bonchev–Trinajstić information content (AvgIpc) is 2.13. The van der Waals surface area contributed by atoms with E-state index < -0.39 is 5.54 Å². The van der Waals surface area contributed by atoms with Crippen molar-refractivity contribution in [2.24, 2.45) is 0 Å². The van der Waals surface area contributed by atoms with E-state index in [9.17, 15) is 10.1 Å². The van der Waals surface area contributed by atoms with E-state index >= 15 is 0 Å². The van der Waals surface area contributed by atoms with Gasteiger partial charge in [-0.2, -0.15) is 0 Å². The van der Waals surface area contributed by atoms with Crippen molar-refractivity contribution in [3.05, 3.63) is 34.9 Å².